The smallest absolute Gasteiger partial charge is 0.255 e. The van der Waals surface area contributed by atoms with Crippen LogP contribution in [0.25, 0.3) is 11.0 Å². The fraction of sp³-hybridized carbons (Fsp3) is 0.409. The Balaban J connectivity index is 1.84. The zero-order chi connectivity index (χ0) is 19.2. The van der Waals surface area contributed by atoms with Gasteiger partial charge in [-0.3, -0.25) is 4.79 Å². The van der Waals surface area contributed by atoms with E-state index in [4.69, 9.17) is 0 Å². The number of amides is 1. The molecule has 1 atom stereocenters. The lowest BCUT2D eigenvalue weighted by Crippen LogP contribution is -2.39. The number of nitrogens with zero attached hydrogens (tertiary/aromatic N) is 4. The summed E-state index contributed by atoms with van der Waals surface area (Å²) >= 11 is 0. The van der Waals surface area contributed by atoms with Crippen molar-refractivity contribution >= 4 is 16.9 Å². The number of fused-ring (bicyclic) bond motifs is 1. The maximum absolute atomic E-state index is 13.1. The Bertz CT molecular complexity index is 888. The third kappa shape index (κ3) is 4.35. The van der Waals surface area contributed by atoms with Gasteiger partial charge in [0.2, 0.25) is 0 Å². The number of carbonyl (C=O) groups excluding carboxylic acids is 1. The minimum atomic E-state index is 0.0583. The predicted octanol–water partition coefficient (Wildman–Crippen LogP) is 4.52. The van der Waals surface area contributed by atoms with Crippen LogP contribution in [0.3, 0.4) is 0 Å². The largest absolute Gasteiger partial charge is 0.336 e. The van der Waals surface area contributed by atoms with Gasteiger partial charge < -0.3 is 4.90 Å². The van der Waals surface area contributed by atoms with Crippen LogP contribution in [0.4, 0.5) is 0 Å². The fourth-order valence-electron chi connectivity index (χ4n) is 3.20. The molecule has 0 aliphatic rings. The Labute approximate surface area is 161 Å². The Hall–Kier alpha value is -2.69. The molecule has 1 unspecified atom stereocenters. The summed E-state index contributed by atoms with van der Waals surface area (Å²) in [6.45, 7) is 7.83. The Morgan fingerprint density at radius 2 is 1.96 bits per heavy atom. The summed E-state index contributed by atoms with van der Waals surface area (Å²) in [6.07, 6.45) is 6.52. The quantitative estimate of drug-likeness (QED) is 0.590. The van der Waals surface area contributed by atoms with E-state index in [0.29, 0.717) is 12.1 Å². The third-order valence-electron chi connectivity index (χ3n) is 5.03. The van der Waals surface area contributed by atoms with Gasteiger partial charge in [0.25, 0.3) is 5.91 Å². The summed E-state index contributed by atoms with van der Waals surface area (Å²) in [5.74, 6) is 0.0583. The van der Waals surface area contributed by atoms with E-state index in [9.17, 15) is 4.79 Å². The molecule has 0 radical (unpaired) electrons. The first-order valence-corrected chi connectivity index (χ1v) is 9.80. The van der Waals surface area contributed by atoms with Gasteiger partial charge in [-0.05, 0) is 31.4 Å². The molecule has 142 valence electrons. The van der Waals surface area contributed by atoms with Gasteiger partial charge in [0, 0.05) is 24.2 Å². The van der Waals surface area contributed by atoms with Crippen molar-refractivity contribution in [1.29, 1.82) is 0 Å². The van der Waals surface area contributed by atoms with Gasteiger partial charge in [-0.1, -0.05) is 50.6 Å². The highest BCUT2D eigenvalue weighted by molar-refractivity contribution is 5.97. The minimum Gasteiger partial charge on any atom is -0.336 e. The van der Waals surface area contributed by atoms with Crippen LogP contribution in [0.1, 0.15) is 56.0 Å². The van der Waals surface area contributed by atoms with E-state index in [1.807, 2.05) is 33.8 Å². The van der Waals surface area contributed by atoms with E-state index >= 15 is 0 Å². The lowest BCUT2D eigenvalue weighted by atomic mass is 10.1. The van der Waals surface area contributed by atoms with Crippen molar-refractivity contribution in [3.8, 4) is 0 Å². The van der Waals surface area contributed by atoms with Gasteiger partial charge in [-0.25, -0.2) is 9.67 Å². The Kier molecular flexibility index (Phi) is 6.22. The normalized spacial score (nSPS) is 12.3. The number of hydrogen-bond donors (Lipinski definition) is 0. The molecular formula is C22H28N4O. The molecule has 1 aromatic carbocycles. The molecule has 0 fully saturated rings. The summed E-state index contributed by atoms with van der Waals surface area (Å²) in [5, 5.41) is 5.37. The van der Waals surface area contributed by atoms with Gasteiger partial charge >= 0.3 is 0 Å². The summed E-state index contributed by atoms with van der Waals surface area (Å²) in [6, 6.07) is 12.3. The second-order valence-electron chi connectivity index (χ2n) is 7.03. The van der Waals surface area contributed by atoms with Crippen LogP contribution in [0.15, 0.2) is 48.8 Å². The van der Waals surface area contributed by atoms with Crippen molar-refractivity contribution in [3.63, 3.8) is 0 Å². The monoisotopic (exact) mass is 364 g/mol. The number of unbranched alkanes of at least 4 members (excludes halogenated alkanes) is 1. The molecule has 2 aromatic heterocycles. The second kappa shape index (κ2) is 8.80. The van der Waals surface area contributed by atoms with E-state index in [-0.39, 0.29) is 11.9 Å². The SMILES string of the molecule is CCCCN(C(=O)c1cnc2c(cnn2Cc2ccccc2)c1)C(C)CC. The van der Waals surface area contributed by atoms with E-state index in [2.05, 4.69) is 43.0 Å². The number of hydrogen-bond acceptors (Lipinski definition) is 3. The van der Waals surface area contributed by atoms with Crippen molar-refractivity contribution in [2.24, 2.45) is 0 Å². The molecule has 1 amide bonds. The zero-order valence-electron chi connectivity index (χ0n) is 16.4. The average Bonchev–Trinajstić information content (AvgIpc) is 3.10. The first-order valence-electron chi connectivity index (χ1n) is 9.80. The second-order valence-corrected chi connectivity index (χ2v) is 7.03. The molecule has 0 bridgehead atoms. The fourth-order valence-corrected chi connectivity index (χ4v) is 3.20. The molecule has 0 spiro atoms. The summed E-state index contributed by atoms with van der Waals surface area (Å²) < 4.78 is 1.88. The molecule has 0 aliphatic heterocycles. The molecule has 3 aromatic rings. The first-order chi connectivity index (χ1) is 13.1. The van der Waals surface area contributed by atoms with Crippen LogP contribution in [-0.2, 0) is 6.54 Å². The third-order valence-corrected chi connectivity index (χ3v) is 5.03. The number of aromatic nitrogens is 3. The topological polar surface area (TPSA) is 51.0 Å². The lowest BCUT2D eigenvalue weighted by Gasteiger charge is -2.28. The molecule has 0 aliphatic carbocycles. The lowest BCUT2D eigenvalue weighted by molar-refractivity contribution is 0.0685. The number of rotatable bonds is 8. The highest BCUT2D eigenvalue weighted by Crippen LogP contribution is 2.18. The van der Waals surface area contributed by atoms with Crippen molar-refractivity contribution in [3.05, 3.63) is 59.9 Å². The van der Waals surface area contributed by atoms with Gasteiger partial charge in [0.15, 0.2) is 5.65 Å². The summed E-state index contributed by atoms with van der Waals surface area (Å²) in [7, 11) is 0. The van der Waals surface area contributed by atoms with Crippen LogP contribution in [-0.4, -0.2) is 38.2 Å². The highest BCUT2D eigenvalue weighted by Gasteiger charge is 2.21. The van der Waals surface area contributed by atoms with Gasteiger partial charge in [0.1, 0.15) is 0 Å². The van der Waals surface area contributed by atoms with E-state index in [0.717, 1.165) is 36.8 Å². The standard InChI is InChI=1S/C22H28N4O/c1-4-6-12-25(17(3)5-2)22(27)20-13-19-15-24-26(21(19)23-14-20)16-18-10-8-7-9-11-18/h7-11,13-15,17H,4-6,12,16H2,1-3H3. The number of benzene rings is 1. The molecule has 0 saturated heterocycles. The summed E-state index contributed by atoms with van der Waals surface area (Å²) in [5.41, 5.74) is 2.61. The van der Waals surface area contributed by atoms with E-state index in [1.54, 1.807) is 12.4 Å². The minimum absolute atomic E-state index is 0.0583. The Morgan fingerprint density at radius 3 is 2.67 bits per heavy atom. The van der Waals surface area contributed by atoms with Gasteiger partial charge in [0.05, 0.1) is 18.3 Å². The molecule has 2 heterocycles. The van der Waals surface area contributed by atoms with Crippen molar-refractivity contribution in [1.82, 2.24) is 19.7 Å². The molecular weight excluding hydrogens is 336 g/mol. The molecule has 3 rings (SSSR count). The van der Waals surface area contributed by atoms with Crippen LogP contribution in [0.2, 0.25) is 0 Å². The average molecular weight is 364 g/mol. The van der Waals surface area contributed by atoms with E-state index in [1.165, 1.54) is 5.56 Å². The molecule has 5 heteroatoms. The van der Waals surface area contributed by atoms with Crippen LogP contribution in [0.5, 0.6) is 0 Å². The molecule has 27 heavy (non-hydrogen) atoms. The molecule has 0 saturated carbocycles. The van der Waals surface area contributed by atoms with Crippen LogP contribution < -0.4 is 0 Å². The van der Waals surface area contributed by atoms with Gasteiger partial charge in [-0.2, -0.15) is 5.10 Å². The predicted molar refractivity (Wildman–Crippen MR) is 109 cm³/mol. The zero-order valence-corrected chi connectivity index (χ0v) is 16.4. The number of carbonyl (C=O) groups is 1. The molecule has 5 nitrogen and oxygen atoms in total. The van der Waals surface area contributed by atoms with E-state index < -0.39 is 0 Å². The Morgan fingerprint density at radius 1 is 1.19 bits per heavy atom. The number of pyridine rings is 1. The maximum Gasteiger partial charge on any atom is 0.255 e. The first kappa shape index (κ1) is 19.1. The van der Waals surface area contributed by atoms with Crippen molar-refractivity contribution in [2.45, 2.75) is 52.6 Å². The van der Waals surface area contributed by atoms with Gasteiger partial charge in [-0.15, -0.1) is 0 Å². The van der Waals surface area contributed by atoms with Crippen molar-refractivity contribution < 1.29 is 4.79 Å². The maximum atomic E-state index is 13.1. The van der Waals surface area contributed by atoms with Crippen LogP contribution >= 0.6 is 0 Å². The van der Waals surface area contributed by atoms with Crippen LogP contribution in [0, 0.1) is 0 Å². The molecule has 0 N–H and O–H groups in total. The van der Waals surface area contributed by atoms with Crippen molar-refractivity contribution in [2.75, 3.05) is 6.54 Å². The highest BCUT2D eigenvalue weighted by atomic mass is 16.2. The summed E-state index contributed by atoms with van der Waals surface area (Å²) in [4.78, 5) is 19.6.